The Morgan fingerprint density at radius 2 is 1.96 bits per heavy atom. The number of fused-ring (bicyclic) bond motifs is 1. The highest BCUT2D eigenvalue weighted by Gasteiger charge is 2.39. The molecule has 0 saturated carbocycles. The Labute approximate surface area is 146 Å². The highest BCUT2D eigenvalue weighted by atomic mass is 32.2. The first kappa shape index (κ1) is 17.8. The van der Waals surface area contributed by atoms with Crippen molar-refractivity contribution in [2.45, 2.75) is 44.8 Å². The molecule has 10 heteroatoms. The lowest BCUT2D eigenvalue weighted by molar-refractivity contribution is -0.142. The van der Waals surface area contributed by atoms with Crippen molar-refractivity contribution in [3.8, 4) is 0 Å². The van der Waals surface area contributed by atoms with Crippen molar-refractivity contribution >= 4 is 23.6 Å². The Morgan fingerprint density at radius 1 is 1.24 bits per heavy atom. The van der Waals surface area contributed by atoms with Crippen LogP contribution in [0, 0.1) is 0 Å². The minimum atomic E-state index is -4.54. The Bertz CT molecular complexity index is 755. The largest absolute Gasteiger partial charge is 0.435 e. The first-order valence-corrected chi connectivity index (χ1v) is 8.87. The van der Waals surface area contributed by atoms with Gasteiger partial charge in [0.1, 0.15) is 6.54 Å². The Hall–Kier alpha value is -1.97. The van der Waals surface area contributed by atoms with Gasteiger partial charge in [0.2, 0.25) is 11.8 Å². The standard InChI is InChI=1S/C15H17F3N4O2S/c16-15(17,18)12-8-3-1-2-4-10(8)22(21-12)7-11(23)20-14-9(13(19)24)5-6-25-14/h1-7H2,(H2,19,24)(H,20,23). The molecule has 3 rings (SSSR count). The molecule has 1 aromatic rings. The molecule has 136 valence electrons. The summed E-state index contributed by atoms with van der Waals surface area (Å²) in [4.78, 5) is 23.5. The lowest BCUT2D eigenvalue weighted by Crippen LogP contribution is -2.29. The van der Waals surface area contributed by atoms with Crippen LogP contribution in [-0.2, 0) is 35.2 Å². The number of carbonyl (C=O) groups is 2. The molecule has 0 fully saturated rings. The second-order valence-electron chi connectivity index (χ2n) is 5.95. The number of hydrogen-bond donors (Lipinski definition) is 2. The van der Waals surface area contributed by atoms with Crippen molar-refractivity contribution in [2.24, 2.45) is 5.73 Å². The fraction of sp³-hybridized carbons (Fsp3) is 0.533. The SMILES string of the molecule is NC(=O)C1=C(NC(=O)Cn2nc(C(F)(F)F)c3c2CCCC3)SCC1. The fourth-order valence-corrected chi connectivity index (χ4v) is 4.21. The lowest BCUT2D eigenvalue weighted by Gasteiger charge is -2.15. The highest BCUT2D eigenvalue weighted by molar-refractivity contribution is 8.03. The quantitative estimate of drug-likeness (QED) is 0.840. The number of hydrogen-bond acceptors (Lipinski definition) is 4. The van der Waals surface area contributed by atoms with Gasteiger partial charge in [-0.05, 0) is 32.1 Å². The molecule has 1 aliphatic carbocycles. The molecule has 2 heterocycles. The van der Waals surface area contributed by atoms with Gasteiger partial charge in [-0.1, -0.05) is 0 Å². The first-order valence-electron chi connectivity index (χ1n) is 7.88. The van der Waals surface area contributed by atoms with Crippen molar-refractivity contribution in [2.75, 3.05) is 5.75 Å². The molecular weight excluding hydrogens is 357 g/mol. The number of aromatic nitrogens is 2. The zero-order valence-corrected chi connectivity index (χ0v) is 14.1. The molecule has 1 aliphatic heterocycles. The van der Waals surface area contributed by atoms with Crippen LogP contribution in [0.2, 0.25) is 0 Å². The molecule has 0 atom stereocenters. The van der Waals surface area contributed by atoms with E-state index in [4.69, 9.17) is 5.73 Å². The molecule has 0 saturated heterocycles. The third-order valence-corrected chi connectivity index (χ3v) is 5.29. The van der Waals surface area contributed by atoms with Crippen molar-refractivity contribution in [1.29, 1.82) is 0 Å². The summed E-state index contributed by atoms with van der Waals surface area (Å²) in [7, 11) is 0. The summed E-state index contributed by atoms with van der Waals surface area (Å²) in [6.45, 7) is -0.325. The van der Waals surface area contributed by atoms with Crippen molar-refractivity contribution in [3.63, 3.8) is 0 Å². The van der Waals surface area contributed by atoms with Gasteiger partial charge in [-0.15, -0.1) is 11.8 Å². The molecule has 0 aromatic carbocycles. The van der Waals surface area contributed by atoms with Crippen LogP contribution in [-0.4, -0.2) is 27.3 Å². The number of thioether (sulfide) groups is 1. The van der Waals surface area contributed by atoms with Crippen LogP contribution in [0.1, 0.15) is 36.2 Å². The van der Waals surface area contributed by atoms with Gasteiger partial charge in [-0.3, -0.25) is 14.3 Å². The van der Waals surface area contributed by atoms with Gasteiger partial charge in [0.15, 0.2) is 5.69 Å². The van der Waals surface area contributed by atoms with E-state index < -0.39 is 23.7 Å². The van der Waals surface area contributed by atoms with Gasteiger partial charge in [-0.2, -0.15) is 18.3 Å². The predicted molar refractivity (Wildman–Crippen MR) is 85.3 cm³/mol. The normalized spacial score (nSPS) is 17.6. The van der Waals surface area contributed by atoms with Gasteiger partial charge in [0, 0.05) is 22.6 Å². The molecule has 0 bridgehead atoms. The van der Waals surface area contributed by atoms with Crippen LogP contribution in [0.25, 0.3) is 0 Å². The molecule has 25 heavy (non-hydrogen) atoms. The number of nitrogens with two attached hydrogens (primary N) is 1. The van der Waals surface area contributed by atoms with Crippen LogP contribution in [0.3, 0.4) is 0 Å². The Balaban J connectivity index is 1.81. The number of nitrogens with one attached hydrogen (secondary N) is 1. The fourth-order valence-electron chi connectivity index (χ4n) is 3.13. The third kappa shape index (κ3) is 3.68. The molecule has 6 nitrogen and oxygen atoms in total. The minimum Gasteiger partial charge on any atom is -0.366 e. The summed E-state index contributed by atoms with van der Waals surface area (Å²) in [6, 6.07) is 0. The van der Waals surface area contributed by atoms with E-state index in [9.17, 15) is 22.8 Å². The van der Waals surface area contributed by atoms with Crippen molar-refractivity contribution in [3.05, 3.63) is 27.6 Å². The number of carbonyl (C=O) groups excluding carboxylic acids is 2. The molecule has 2 amide bonds. The summed E-state index contributed by atoms with van der Waals surface area (Å²) >= 11 is 1.29. The van der Waals surface area contributed by atoms with E-state index in [-0.39, 0.29) is 12.1 Å². The number of amides is 2. The van der Waals surface area contributed by atoms with Crippen LogP contribution >= 0.6 is 11.8 Å². The number of alkyl halides is 3. The Morgan fingerprint density at radius 3 is 2.64 bits per heavy atom. The van der Waals surface area contributed by atoms with E-state index in [0.29, 0.717) is 47.7 Å². The van der Waals surface area contributed by atoms with Gasteiger partial charge in [0.05, 0.1) is 5.03 Å². The van der Waals surface area contributed by atoms with Gasteiger partial charge >= 0.3 is 6.18 Å². The summed E-state index contributed by atoms with van der Waals surface area (Å²) in [6.07, 6.45) is -1.84. The maximum atomic E-state index is 13.2. The topological polar surface area (TPSA) is 90.0 Å². The Kier molecular flexibility index (Phi) is 4.81. The maximum Gasteiger partial charge on any atom is 0.435 e. The zero-order valence-electron chi connectivity index (χ0n) is 13.3. The van der Waals surface area contributed by atoms with E-state index in [2.05, 4.69) is 10.4 Å². The maximum absolute atomic E-state index is 13.2. The van der Waals surface area contributed by atoms with Crippen LogP contribution in [0.15, 0.2) is 10.6 Å². The first-order chi connectivity index (χ1) is 11.8. The molecule has 1 aromatic heterocycles. The van der Waals surface area contributed by atoms with Crippen LogP contribution in [0.5, 0.6) is 0 Å². The smallest absolute Gasteiger partial charge is 0.366 e. The average Bonchev–Trinajstić information content (AvgIpc) is 3.12. The van der Waals surface area contributed by atoms with E-state index in [1.807, 2.05) is 0 Å². The summed E-state index contributed by atoms with van der Waals surface area (Å²) in [5.74, 6) is -0.493. The van der Waals surface area contributed by atoms with Crippen molar-refractivity contribution < 1.29 is 22.8 Å². The van der Waals surface area contributed by atoms with E-state index in [1.165, 1.54) is 11.8 Å². The monoisotopic (exact) mass is 374 g/mol. The van der Waals surface area contributed by atoms with Gasteiger partial charge < -0.3 is 11.1 Å². The number of rotatable bonds is 4. The summed E-state index contributed by atoms with van der Waals surface area (Å²) < 4.78 is 40.6. The second kappa shape index (κ2) is 6.74. The van der Waals surface area contributed by atoms with E-state index >= 15 is 0 Å². The van der Waals surface area contributed by atoms with Crippen LogP contribution < -0.4 is 11.1 Å². The predicted octanol–water partition coefficient (Wildman–Crippen LogP) is 1.73. The molecular formula is C15H17F3N4O2S. The molecule has 2 aliphatic rings. The molecule has 3 N–H and O–H groups in total. The summed E-state index contributed by atoms with van der Waals surface area (Å²) in [5, 5.41) is 6.61. The van der Waals surface area contributed by atoms with E-state index in [0.717, 1.165) is 11.1 Å². The number of primary amides is 1. The summed E-state index contributed by atoms with van der Waals surface area (Å²) in [5.41, 5.74) is 5.36. The average molecular weight is 374 g/mol. The molecule has 0 unspecified atom stereocenters. The van der Waals surface area contributed by atoms with E-state index in [1.54, 1.807) is 0 Å². The highest BCUT2D eigenvalue weighted by Crippen LogP contribution is 2.36. The third-order valence-electron chi connectivity index (χ3n) is 4.24. The minimum absolute atomic E-state index is 0.193. The zero-order chi connectivity index (χ0) is 18.2. The molecule has 0 radical (unpaired) electrons. The second-order valence-corrected chi connectivity index (χ2v) is 7.06. The van der Waals surface area contributed by atoms with Gasteiger partial charge in [0.25, 0.3) is 0 Å². The van der Waals surface area contributed by atoms with Crippen LogP contribution in [0.4, 0.5) is 13.2 Å². The van der Waals surface area contributed by atoms with Crippen molar-refractivity contribution in [1.82, 2.24) is 15.1 Å². The lowest BCUT2D eigenvalue weighted by atomic mass is 9.95. The van der Waals surface area contributed by atoms with Gasteiger partial charge in [-0.25, -0.2) is 0 Å². The molecule has 0 spiro atoms. The number of halogens is 3. The number of nitrogens with zero attached hydrogens (tertiary/aromatic N) is 2.